The molecule has 3 amide bonds. The Morgan fingerprint density at radius 1 is 1.08 bits per heavy atom. The van der Waals surface area contributed by atoms with Gasteiger partial charge in [-0.3, -0.25) is 19.3 Å². The molecule has 0 aromatic heterocycles. The Morgan fingerprint density at radius 3 is 2.54 bits per heavy atom. The van der Waals surface area contributed by atoms with E-state index in [1.54, 1.807) is 42.5 Å². The second-order valence-corrected chi connectivity index (χ2v) is 10.4. The summed E-state index contributed by atoms with van der Waals surface area (Å²) in [4.78, 5) is 38.9. The maximum atomic E-state index is 12.9. The molecular weight excluding hydrogens is 580 g/mol. The number of nitrogens with zero attached hydrogens (tertiary/aromatic N) is 1. The first kappa shape index (κ1) is 26.8. The highest BCUT2D eigenvalue weighted by atomic mass is 79.9. The quantitative estimate of drug-likeness (QED) is 0.290. The number of benzene rings is 3. The molecular formula is C27H22BrClN2O5S. The van der Waals surface area contributed by atoms with Crippen LogP contribution in [0.2, 0.25) is 5.02 Å². The second-order valence-electron chi connectivity index (χ2n) is 8.11. The van der Waals surface area contributed by atoms with Crippen LogP contribution < -0.4 is 14.8 Å². The number of methoxy groups -OCH3 is 1. The normalized spacial score (nSPS) is 14.3. The van der Waals surface area contributed by atoms with Crippen LogP contribution in [-0.2, 0) is 16.2 Å². The lowest BCUT2D eigenvalue weighted by Gasteiger charge is -2.13. The zero-order valence-electron chi connectivity index (χ0n) is 19.9. The lowest BCUT2D eigenvalue weighted by Crippen LogP contribution is -2.36. The van der Waals surface area contributed by atoms with Gasteiger partial charge in [-0.05, 0) is 77.9 Å². The van der Waals surface area contributed by atoms with Crippen molar-refractivity contribution in [3.63, 3.8) is 0 Å². The number of nitrogens with one attached hydrogen (secondary N) is 1. The summed E-state index contributed by atoms with van der Waals surface area (Å²) in [6.07, 6.45) is 1.59. The number of rotatable bonds is 8. The molecule has 1 aliphatic heterocycles. The summed E-state index contributed by atoms with van der Waals surface area (Å²) in [7, 11) is 1.53. The third kappa shape index (κ3) is 6.74. The lowest BCUT2D eigenvalue weighted by atomic mass is 10.1. The van der Waals surface area contributed by atoms with Crippen LogP contribution in [0.15, 0.2) is 70.0 Å². The van der Waals surface area contributed by atoms with Crippen LogP contribution in [-0.4, -0.2) is 35.6 Å². The van der Waals surface area contributed by atoms with E-state index in [-0.39, 0.29) is 4.91 Å². The van der Waals surface area contributed by atoms with Gasteiger partial charge in [0.05, 0.1) is 12.0 Å². The predicted molar refractivity (Wildman–Crippen MR) is 149 cm³/mol. The van der Waals surface area contributed by atoms with E-state index in [2.05, 4.69) is 21.2 Å². The highest BCUT2D eigenvalue weighted by Crippen LogP contribution is 2.35. The highest BCUT2D eigenvalue weighted by Gasteiger charge is 2.36. The molecule has 4 rings (SSSR count). The van der Waals surface area contributed by atoms with Gasteiger partial charge in [0, 0.05) is 15.2 Å². The maximum absolute atomic E-state index is 12.9. The summed E-state index contributed by atoms with van der Waals surface area (Å²) >= 11 is 10.3. The molecule has 10 heteroatoms. The van der Waals surface area contributed by atoms with Crippen molar-refractivity contribution in [2.45, 2.75) is 13.5 Å². The standard InChI is InChI=1S/C27H22BrClN2O5S/c1-16-3-9-20(13-21(16)29)30-25(32)14-31-26(33)24(37-27(31)34)12-18-6-10-22(23(11-18)35-2)36-15-17-4-7-19(28)8-5-17/h3-13H,14-15H2,1-2H3,(H,30,32)/b24-12-. The molecule has 190 valence electrons. The second kappa shape index (κ2) is 11.9. The first-order valence-electron chi connectivity index (χ1n) is 11.1. The summed E-state index contributed by atoms with van der Waals surface area (Å²) in [6.45, 7) is 1.80. The van der Waals surface area contributed by atoms with E-state index in [1.807, 2.05) is 31.2 Å². The lowest BCUT2D eigenvalue weighted by molar-refractivity contribution is -0.127. The Morgan fingerprint density at radius 2 is 1.84 bits per heavy atom. The van der Waals surface area contributed by atoms with Crippen LogP contribution in [0.25, 0.3) is 6.08 Å². The van der Waals surface area contributed by atoms with Crippen molar-refractivity contribution in [1.82, 2.24) is 4.90 Å². The Hall–Kier alpha value is -3.27. The summed E-state index contributed by atoms with van der Waals surface area (Å²) in [5.41, 5.74) is 3.00. The summed E-state index contributed by atoms with van der Waals surface area (Å²) < 4.78 is 12.3. The average Bonchev–Trinajstić information content (AvgIpc) is 3.13. The molecule has 0 spiro atoms. The van der Waals surface area contributed by atoms with Gasteiger partial charge in [0.2, 0.25) is 5.91 Å². The summed E-state index contributed by atoms with van der Waals surface area (Å²) in [6, 6.07) is 18.1. The largest absolute Gasteiger partial charge is 0.493 e. The van der Waals surface area contributed by atoms with Crippen LogP contribution in [0.3, 0.4) is 0 Å². The molecule has 1 N–H and O–H groups in total. The van der Waals surface area contributed by atoms with E-state index in [9.17, 15) is 14.4 Å². The van der Waals surface area contributed by atoms with E-state index in [0.29, 0.717) is 34.4 Å². The van der Waals surface area contributed by atoms with Crippen molar-refractivity contribution in [2.75, 3.05) is 19.0 Å². The van der Waals surface area contributed by atoms with E-state index in [4.69, 9.17) is 21.1 Å². The number of ether oxygens (including phenoxy) is 2. The van der Waals surface area contributed by atoms with E-state index >= 15 is 0 Å². The minimum atomic E-state index is -0.540. The fourth-order valence-corrected chi connectivity index (χ4v) is 4.72. The minimum absolute atomic E-state index is 0.210. The number of carbonyl (C=O) groups excluding carboxylic acids is 3. The smallest absolute Gasteiger partial charge is 0.294 e. The van der Waals surface area contributed by atoms with Crippen molar-refractivity contribution in [3.05, 3.63) is 91.8 Å². The van der Waals surface area contributed by atoms with Crippen LogP contribution >= 0.6 is 39.3 Å². The number of carbonyl (C=O) groups is 3. The monoisotopic (exact) mass is 600 g/mol. The first-order chi connectivity index (χ1) is 17.7. The first-order valence-corrected chi connectivity index (χ1v) is 13.1. The van der Waals surface area contributed by atoms with Gasteiger partial charge >= 0.3 is 0 Å². The average molecular weight is 602 g/mol. The van der Waals surface area contributed by atoms with Crippen LogP contribution in [0.1, 0.15) is 16.7 Å². The van der Waals surface area contributed by atoms with Crippen molar-refractivity contribution < 1.29 is 23.9 Å². The molecule has 37 heavy (non-hydrogen) atoms. The number of amides is 3. The molecule has 0 aliphatic carbocycles. The summed E-state index contributed by atoms with van der Waals surface area (Å²) in [5.74, 6) is -0.0104. The van der Waals surface area contributed by atoms with Crippen molar-refractivity contribution in [2.24, 2.45) is 0 Å². The van der Waals surface area contributed by atoms with Crippen LogP contribution in [0.4, 0.5) is 10.5 Å². The Bertz CT molecular complexity index is 1390. The zero-order chi connectivity index (χ0) is 26.5. The SMILES string of the molecule is COc1cc(/C=C2\SC(=O)N(CC(=O)Nc3ccc(C)c(Cl)c3)C2=O)ccc1OCc1ccc(Br)cc1. The molecule has 1 saturated heterocycles. The fourth-order valence-electron chi connectivity index (χ4n) is 3.44. The van der Waals surface area contributed by atoms with Gasteiger partial charge in [-0.25, -0.2) is 0 Å². The fraction of sp³-hybridized carbons (Fsp3) is 0.148. The number of anilines is 1. The number of hydrogen-bond donors (Lipinski definition) is 1. The Kier molecular flexibility index (Phi) is 8.58. The maximum Gasteiger partial charge on any atom is 0.294 e. The molecule has 0 radical (unpaired) electrons. The molecule has 1 heterocycles. The molecule has 7 nitrogen and oxygen atoms in total. The molecule has 3 aromatic rings. The minimum Gasteiger partial charge on any atom is -0.493 e. The number of thioether (sulfide) groups is 1. The molecule has 1 aliphatic rings. The van der Waals surface area contributed by atoms with Gasteiger partial charge in [0.15, 0.2) is 11.5 Å². The zero-order valence-corrected chi connectivity index (χ0v) is 23.1. The van der Waals surface area contributed by atoms with Crippen molar-refractivity contribution in [1.29, 1.82) is 0 Å². The van der Waals surface area contributed by atoms with Crippen molar-refractivity contribution in [3.8, 4) is 11.5 Å². The molecule has 1 fully saturated rings. The highest BCUT2D eigenvalue weighted by molar-refractivity contribution is 9.10. The van der Waals surface area contributed by atoms with Gasteiger partial charge < -0.3 is 14.8 Å². The molecule has 0 bridgehead atoms. The number of hydrogen-bond acceptors (Lipinski definition) is 6. The third-order valence-electron chi connectivity index (χ3n) is 5.42. The number of imide groups is 1. The van der Waals surface area contributed by atoms with Gasteiger partial charge in [0.1, 0.15) is 13.2 Å². The van der Waals surface area contributed by atoms with Gasteiger partial charge in [-0.2, -0.15) is 0 Å². The van der Waals surface area contributed by atoms with Gasteiger partial charge in [0.25, 0.3) is 11.1 Å². The van der Waals surface area contributed by atoms with E-state index < -0.39 is 23.6 Å². The number of halogens is 2. The van der Waals surface area contributed by atoms with Crippen molar-refractivity contribution >= 4 is 68.1 Å². The van der Waals surface area contributed by atoms with E-state index in [0.717, 1.165) is 32.3 Å². The van der Waals surface area contributed by atoms with Crippen LogP contribution in [0, 0.1) is 6.92 Å². The Labute approximate surface area is 231 Å². The molecule has 3 aromatic carbocycles. The van der Waals surface area contributed by atoms with Crippen LogP contribution in [0.5, 0.6) is 11.5 Å². The topological polar surface area (TPSA) is 84.9 Å². The Balaban J connectivity index is 1.42. The molecule has 0 saturated carbocycles. The summed E-state index contributed by atoms with van der Waals surface area (Å²) in [5, 5.41) is 2.65. The van der Waals surface area contributed by atoms with E-state index in [1.165, 1.54) is 7.11 Å². The molecule has 0 unspecified atom stereocenters. The van der Waals surface area contributed by atoms with Gasteiger partial charge in [-0.1, -0.05) is 51.8 Å². The number of aryl methyl sites for hydroxylation is 1. The predicted octanol–water partition coefficient (Wildman–Crippen LogP) is 6.67. The third-order valence-corrected chi connectivity index (χ3v) is 7.27. The molecule has 0 atom stereocenters. The van der Waals surface area contributed by atoms with Gasteiger partial charge in [-0.15, -0.1) is 0 Å².